The zero-order valence-corrected chi connectivity index (χ0v) is 7.65. The minimum atomic E-state index is -2.95. The third-order valence-corrected chi connectivity index (χ3v) is 1.86. The topological polar surface area (TPSA) is 91.4 Å². The molecule has 0 bridgehead atoms. The quantitative estimate of drug-likeness (QED) is 0.569. The van der Waals surface area contributed by atoms with E-state index in [-0.39, 0.29) is 5.69 Å². The number of benzene rings is 1. The largest absolute Gasteiger partial charge is 0.338 e. The highest BCUT2D eigenvalue weighted by Gasteiger charge is 2.26. The number of nitrogens with zero attached hydrogens (tertiary/aromatic N) is 3. The summed E-state index contributed by atoms with van der Waals surface area (Å²) >= 11 is 0. The summed E-state index contributed by atoms with van der Waals surface area (Å²) in [5.41, 5.74) is 0.381. The Balaban J connectivity index is 2.37. The van der Waals surface area contributed by atoms with Gasteiger partial charge in [-0.1, -0.05) is 23.4 Å². The van der Waals surface area contributed by atoms with E-state index in [1.165, 1.54) is 10.9 Å². The molecule has 2 aromatic rings. The van der Waals surface area contributed by atoms with E-state index >= 15 is 0 Å². The highest BCUT2D eigenvalue weighted by atomic mass is 16.7. The third-order valence-electron chi connectivity index (χ3n) is 1.86. The molecule has 1 heterocycles. The van der Waals surface area contributed by atoms with Gasteiger partial charge >= 0.3 is 5.97 Å². The first-order chi connectivity index (χ1) is 7.07. The van der Waals surface area contributed by atoms with Crippen molar-refractivity contribution in [3.05, 3.63) is 42.2 Å². The first-order valence-electron chi connectivity index (χ1n) is 4.23. The van der Waals surface area contributed by atoms with Crippen LogP contribution in [-0.4, -0.2) is 30.3 Å². The molecule has 1 aromatic heterocycles. The molecule has 0 saturated carbocycles. The Morgan fingerprint density at radius 2 is 1.73 bits per heavy atom. The maximum absolute atomic E-state index is 8.84. The summed E-state index contributed by atoms with van der Waals surface area (Å²) < 4.78 is 1.33. The van der Waals surface area contributed by atoms with E-state index in [0.29, 0.717) is 5.69 Å². The van der Waals surface area contributed by atoms with Gasteiger partial charge in [-0.25, -0.2) is 4.68 Å². The first kappa shape index (κ1) is 9.78. The van der Waals surface area contributed by atoms with Gasteiger partial charge in [0.05, 0.1) is 11.9 Å². The normalized spacial score (nSPS) is 11.7. The zero-order valence-electron chi connectivity index (χ0n) is 7.65. The van der Waals surface area contributed by atoms with Crippen molar-refractivity contribution in [1.82, 2.24) is 15.0 Å². The molecule has 0 saturated heterocycles. The summed E-state index contributed by atoms with van der Waals surface area (Å²) in [6.07, 6.45) is 1.23. The van der Waals surface area contributed by atoms with Crippen molar-refractivity contribution in [2.75, 3.05) is 0 Å². The van der Waals surface area contributed by atoms with Crippen LogP contribution < -0.4 is 0 Å². The van der Waals surface area contributed by atoms with E-state index in [2.05, 4.69) is 10.3 Å². The minimum Gasteiger partial charge on any atom is -0.338 e. The third kappa shape index (κ3) is 2.01. The fourth-order valence-electron chi connectivity index (χ4n) is 1.12. The van der Waals surface area contributed by atoms with Gasteiger partial charge < -0.3 is 15.3 Å². The average molecular weight is 207 g/mol. The van der Waals surface area contributed by atoms with E-state index in [0.717, 1.165) is 0 Å². The Bertz CT molecular complexity index is 447. The fourth-order valence-corrected chi connectivity index (χ4v) is 1.12. The summed E-state index contributed by atoms with van der Waals surface area (Å²) in [6, 6.07) is 9.00. The molecule has 15 heavy (non-hydrogen) atoms. The number of aliphatic hydroxyl groups is 3. The number of hydrogen-bond donors (Lipinski definition) is 3. The first-order valence-corrected chi connectivity index (χ1v) is 4.23. The van der Waals surface area contributed by atoms with Gasteiger partial charge in [0.1, 0.15) is 0 Å². The second kappa shape index (κ2) is 3.43. The summed E-state index contributed by atoms with van der Waals surface area (Å²) in [7, 11) is 0. The van der Waals surface area contributed by atoms with Crippen molar-refractivity contribution in [2.24, 2.45) is 0 Å². The second-order valence-corrected chi connectivity index (χ2v) is 3.02. The van der Waals surface area contributed by atoms with Gasteiger partial charge in [0.15, 0.2) is 5.69 Å². The predicted octanol–water partition coefficient (Wildman–Crippen LogP) is -0.646. The Morgan fingerprint density at radius 1 is 1.07 bits per heavy atom. The fraction of sp³-hybridized carbons (Fsp3) is 0.111. The molecule has 0 aliphatic rings. The molecule has 0 atom stereocenters. The van der Waals surface area contributed by atoms with Crippen LogP contribution in [0.1, 0.15) is 5.69 Å². The van der Waals surface area contributed by atoms with Crippen LogP contribution in [0.5, 0.6) is 0 Å². The van der Waals surface area contributed by atoms with Crippen LogP contribution in [0.3, 0.4) is 0 Å². The van der Waals surface area contributed by atoms with E-state index < -0.39 is 5.97 Å². The van der Waals surface area contributed by atoms with Crippen LogP contribution in [0.25, 0.3) is 5.69 Å². The van der Waals surface area contributed by atoms with Crippen molar-refractivity contribution < 1.29 is 15.3 Å². The van der Waals surface area contributed by atoms with Gasteiger partial charge in [0.25, 0.3) is 0 Å². The second-order valence-electron chi connectivity index (χ2n) is 3.02. The van der Waals surface area contributed by atoms with Gasteiger partial charge in [0, 0.05) is 0 Å². The lowest BCUT2D eigenvalue weighted by atomic mass is 10.3. The highest BCUT2D eigenvalue weighted by Crippen LogP contribution is 2.12. The van der Waals surface area contributed by atoms with Crippen LogP contribution in [0.2, 0.25) is 0 Å². The zero-order chi connectivity index (χ0) is 10.9. The Hall–Kier alpha value is -1.76. The van der Waals surface area contributed by atoms with E-state index in [1.807, 2.05) is 6.07 Å². The summed E-state index contributed by atoms with van der Waals surface area (Å²) in [6.45, 7) is 0. The van der Waals surface area contributed by atoms with Crippen molar-refractivity contribution in [3.8, 4) is 5.69 Å². The molecule has 78 valence electrons. The highest BCUT2D eigenvalue weighted by molar-refractivity contribution is 5.30. The smallest absolute Gasteiger partial charge is 0.325 e. The summed E-state index contributed by atoms with van der Waals surface area (Å²) in [5, 5.41) is 33.6. The van der Waals surface area contributed by atoms with Crippen LogP contribution >= 0.6 is 0 Å². The SMILES string of the molecule is OC(O)(O)c1cn(-c2ccccc2)nn1. The molecular formula is C9H9N3O3. The molecule has 0 amide bonds. The van der Waals surface area contributed by atoms with Gasteiger partial charge in [-0.2, -0.15) is 0 Å². The van der Waals surface area contributed by atoms with E-state index in [4.69, 9.17) is 15.3 Å². The monoisotopic (exact) mass is 207 g/mol. The molecule has 2 rings (SSSR count). The van der Waals surface area contributed by atoms with E-state index in [9.17, 15) is 0 Å². The Kier molecular flexibility index (Phi) is 2.24. The number of hydrogen-bond acceptors (Lipinski definition) is 5. The van der Waals surface area contributed by atoms with Gasteiger partial charge in [0.2, 0.25) is 0 Å². The summed E-state index contributed by atoms with van der Waals surface area (Å²) in [5.74, 6) is -2.95. The lowest BCUT2D eigenvalue weighted by molar-refractivity contribution is -0.326. The number of para-hydroxylation sites is 1. The lowest BCUT2D eigenvalue weighted by Crippen LogP contribution is -2.24. The molecule has 0 spiro atoms. The van der Waals surface area contributed by atoms with Crippen LogP contribution in [0.4, 0.5) is 0 Å². The van der Waals surface area contributed by atoms with Gasteiger partial charge in [-0.05, 0) is 12.1 Å². The van der Waals surface area contributed by atoms with Crippen molar-refractivity contribution >= 4 is 0 Å². The molecule has 3 N–H and O–H groups in total. The molecule has 0 radical (unpaired) electrons. The Labute approximate surface area is 85.0 Å². The van der Waals surface area contributed by atoms with Gasteiger partial charge in [-0.3, -0.25) is 0 Å². The Morgan fingerprint density at radius 3 is 2.27 bits per heavy atom. The van der Waals surface area contributed by atoms with Crippen LogP contribution in [-0.2, 0) is 5.97 Å². The van der Waals surface area contributed by atoms with E-state index in [1.54, 1.807) is 24.3 Å². The molecule has 0 aliphatic carbocycles. The number of aromatic nitrogens is 3. The lowest BCUT2D eigenvalue weighted by Gasteiger charge is -2.08. The molecule has 6 nitrogen and oxygen atoms in total. The molecule has 1 aromatic carbocycles. The van der Waals surface area contributed by atoms with Crippen LogP contribution in [0.15, 0.2) is 36.5 Å². The minimum absolute atomic E-state index is 0.327. The average Bonchev–Trinajstić information content (AvgIpc) is 2.67. The van der Waals surface area contributed by atoms with Crippen LogP contribution in [0, 0.1) is 0 Å². The predicted molar refractivity (Wildman–Crippen MR) is 49.7 cm³/mol. The molecule has 6 heteroatoms. The molecule has 0 unspecified atom stereocenters. The molecule has 0 fully saturated rings. The maximum Gasteiger partial charge on any atom is 0.325 e. The summed E-state index contributed by atoms with van der Waals surface area (Å²) in [4.78, 5) is 0. The van der Waals surface area contributed by atoms with Crippen molar-refractivity contribution in [1.29, 1.82) is 0 Å². The van der Waals surface area contributed by atoms with Crippen molar-refractivity contribution in [3.63, 3.8) is 0 Å². The number of rotatable bonds is 2. The standard InChI is InChI=1S/C9H9N3O3/c13-9(14,15)8-6-12(11-10-8)7-4-2-1-3-5-7/h1-6,13-15H. The molecular weight excluding hydrogens is 198 g/mol. The van der Waals surface area contributed by atoms with Crippen molar-refractivity contribution in [2.45, 2.75) is 5.97 Å². The maximum atomic E-state index is 8.84. The molecule has 0 aliphatic heterocycles. The van der Waals surface area contributed by atoms with Gasteiger partial charge in [-0.15, -0.1) is 5.10 Å².